The second-order valence-electron chi connectivity index (χ2n) is 12.7. The van der Waals surface area contributed by atoms with Gasteiger partial charge in [-0.3, -0.25) is 14.4 Å². The number of hydrogen-bond acceptors (Lipinski definition) is 4. The van der Waals surface area contributed by atoms with Crippen molar-refractivity contribution in [3.8, 4) is 0 Å². The van der Waals surface area contributed by atoms with Crippen molar-refractivity contribution in [1.29, 1.82) is 0 Å². The molecule has 0 saturated heterocycles. The fourth-order valence-electron chi connectivity index (χ4n) is 8.85. The average molecular weight is 485 g/mol. The lowest BCUT2D eigenvalue weighted by atomic mass is 9.46. The molecule has 0 aliphatic heterocycles. The highest BCUT2D eigenvalue weighted by molar-refractivity contribution is 5.91. The van der Waals surface area contributed by atoms with Crippen LogP contribution in [-0.2, 0) is 19.1 Å². The predicted octanol–water partition coefficient (Wildman–Crippen LogP) is 7.53. The fourth-order valence-corrected chi connectivity index (χ4v) is 8.85. The van der Waals surface area contributed by atoms with Crippen molar-refractivity contribution in [2.24, 2.45) is 28.6 Å². The third-order valence-corrected chi connectivity index (χ3v) is 10.9. The molecule has 0 unspecified atom stereocenters. The molecule has 0 radical (unpaired) electrons. The summed E-state index contributed by atoms with van der Waals surface area (Å²) in [4.78, 5) is 38.3. The predicted molar refractivity (Wildman–Crippen MR) is 139 cm³/mol. The molecule has 0 aromatic heterocycles. The van der Waals surface area contributed by atoms with Gasteiger partial charge in [-0.15, -0.1) is 0 Å². The van der Waals surface area contributed by atoms with Gasteiger partial charge in [-0.05, 0) is 87.5 Å². The van der Waals surface area contributed by atoms with Crippen molar-refractivity contribution in [2.45, 2.75) is 136 Å². The molecule has 4 heteroatoms. The molecule has 3 saturated carbocycles. The smallest absolute Gasteiger partial charge is 0.306 e. The lowest BCUT2D eigenvalue weighted by Crippen LogP contribution is -2.58. The maximum atomic E-state index is 13.2. The van der Waals surface area contributed by atoms with E-state index < -0.39 is 5.60 Å². The highest BCUT2D eigenvalue weighted by Crippen LogP contribution is 2.68. The molecule has 0 bridgehead atoms. The summed E-state index contributed by atoms with van der Waals surface area (Å²) in [5.74, 6) is 1.68. The van der Waals surface area contributed by atoms with Crippen LogP contribution in [-0.4, -0.2) is 23.1 Å². The van der Waals surface area contributed by atoms with Crippen LogP contribution in [0.3, 0.4) is 0 Å². The summed E-state index contributed by atoms with van der Waals surface area (Å²) in [7, 11) is 0. The van der Waals surface area contributed by atoms with Crippen molar-refractivity contribution >= 4 is 17.5 Å². The maximum Gasteiger partial charge on any atom is 0.306 e. The maximum absolute atomic E-state index is 13.2. The molecule has 6 atom stereocenters. The molecule has 0 aromatic carbocycles. The fraction of sp³-hybridized carbons (Fsp3) is 0.839. The van der Waals surface area contributed by atoms with E-state index in [1.165, 1.54) is 37.7 Å². The zero-order valence-corrected chi connectivity index (χ0v) is 22.8. The summed E-state index contributed by atoms with van der Waals surface area (Å²) >= 11 is 0. The van der Waals surface area contributed by atoms with Crippen LogP contribution in [0.5, 0.6) is 0 Å². The van der Waals surface area contributed by atoms with Crippen LogP contribution in [0, 0.1) is 28.6 Å². The third-order valence-electron chi connectivity index (χ3n) is 10.9. The molecule has 4 nitrogen and oxygen atoms in total. The molecule has 4 aliphatic rings. The molecule has 4 rings (SSSR count). The van der Waals surface area contributed by atoms with Crippen molar-refractivity contribution in [3.05, 3.63) is 11.6 Å². The van der Waals surface area contributed by atoms with Crippen LogP contribution in [0.25, 0.3) is 0 Å². The minimum absolute atomic E-state index is 0.0414. The quantitative estimate of drug-likeness (QED) is 0.237. The van der Waals surface area contributed by atoms with Gasteiger partial charge in [0.2, 0.25) is 0 Å². The minimum atomic E-state index is -0.958. The standard InChI is InChI=1S/C31H48O4/c1-5-6-7-8-9-10-11-12-28(34)35-31(22(2)32)20-17-27-25-14-13-23-21-24(33)15-18-29(23,3)26(25)16-19-30(27,31)4/h21,25-27H,5-20H2,1-4H3/t25-,26+,27+,29+,30+,31+/m1/s1. The Hall–Kier alpha value is -1.45. The number of rotatable bonds is 10. The number of fused-ring (bicyclic) bond motifs is 5. The third kappa shape index (κ3) is 4.68. The van der Waals surface area contributed by atoms with E-state index in [1.54, 1.807) is 6.92 Å². The SMILES string of the molecule is CCCCCCCCCC(=O)O[C@]1(C(C)=O)CC[C@H]2[C@@H]3CCC4=CC(=O)CC[C@]4(C)[C@H]3CC[C@@]21C. The van der Waals surface area contributed by atoms with E-state index >= 15 is 0 Å². The Morgan fingerprint density at radius 3 is 2.31 bits per heavy atom. The second-order valence-corrected chi connectivity index (χ2v) is 12.7. The van der Waals surface area contributed by atoms with Gasteiger partial charge in [-0.2, -0.15) is 0 Å². The minimum Gasteiger partial charge on any atom is -0.450 e. The Morgan fingerprint density at radius 1 is 0.914 bits per heavy atom. The summed E-state index contributed by atoms with van der Waals surface area (Å²) in [6, 6.07) is 0. The lowest BCUT2D eigenvalue weighted by Gasteiger charge is -2.59. The zero-order chi connectivity index (χ0) is 25.3. The second kappa shape index (κ2) is 10.5. The molecule has 0 heterocycles. The van der Waals surface area contributed by atoms with Crippen molar-refractivity contribution in [1.82, 2.24) is 0 Å². The van der Waals surface area contributed by atoms with Gasteiger partial charge >= 0.3 is 5.97 Å². The number of carbonyl (C=O) groups is 3. The summed E-state index contributed by atoms with van der Waals surface area (Å²) in [6.45, 7) is 8.51. The molecular weight excluding hydrogens is 436 g/mol. The van der Waals surface area contributed by atoms with Gasteiger partial charge < -0.3 is 4.74 Å². The molecule has 0 aromatic rings. The molecule has 4 aliphatic carbocycles. The molecule has 196 valence electrons. The number of esters is 1. The number of hydrogen-bond donors (Lipinski definition) is 0. The van der Waals surface area contributed by atoms with E-state index in [4.69, 9.17) is 4.74 Å². The molecular formula is C31H48O4. The Kier molecular flexibility index (Phi) is 7.98. The lowest BCUT2D eigenvalue weighted by molar-refractivity contribution is -0.189. The van der Waals surface area contributed by atoms with E-state index in [0.717, 1.165) is 51.4 Å². The van der Waals surface area contributed by atoms with Gasteiger partial charge in [0.1, 0.15) is 0 Å². The van der Waals surface area contributed by atoms with Crippen LogP contribution < -0.4 is 0 Å². The van der Waals surface area contributed by atoms with Gasteiger partial charge in [0.25, 0.3) is 0 Å². The summed E-state index contributed by atoms with van der Waals surface area (Å²) in [6.07, 6.45) is 17.9. The number of unbranched alkanes of at least 4 members (excludes halogenated alkanes) is 6. The van der Waals surface area contributed by atoms with Crippen LogP contribution >= 0.6 is 0 Å². The highest BCUT2D eigenvalue weighted by atomic mass is 16.6. The topological polar surface area (TPSA) is 60.4 Å². The van der Waals surface area contributed by atoms with Gasteiger partial charge in [0.15, 0.2) is 17.2 Å². The normalized spacial score (nSPS) is 38.2. The molecule has 0 N–H and O–H groups in total. The van der Waals surface area contributed by atoms with Crippen molar-refractivity contribution in [2.75, 3.05) is 0 Å². The number of Topliss-reactive ketones (excluding diaryl/α,β-unsaturated/α-hetero) is 1. The van der Waals surface area contributed by atoms with E-state index in [0.29, 0.717) is 42.8 Å². The Morgan fingerprint density at radius 2 is 1.60 bits per heavy atom. The van der Waals surface area contributed by atoms with Gasteiger partial charge in [-0.25, -0.2) is 0 Å². The van der Waals surface area contributed by atoms with E-state index in [9.17, 15) is 14.4 Å². The first kappa shape index (κ1) is 26.6. The van der Waals surface area contributed by atoms with Gasteiger partial charge in [0.05, 0.1) is 0 Å². The molecule has 35 heavy (non-hydrogen) atoms. The van der Waals surface area contributed by atoms with Crippen LogP contribution in [0.2, 0.25) is 0 Å². The Bertz CT molecular complexity index is 858. The van der Waals surface area contributed by atoms with E-state index in [-0.39, 0.29) is 22.6 Å². The number of carbonyl (C=O) groups excluding carboxylic acids is 3. The summed E-state index contributed by atoms with van der Waals surface area (Å²) < 4.78 is 6.26. The molecule has 0 spiro atoms. The number of allylic oxidation sites excluding steroid dienone is 1. The molecule has 3 fully saturated rings. The van der Waals surface area contributed by atoms with Crippen molar-refractivity contribution in [3.63, 3.8) is 0 Å². The van der Waals surface area contributed by atoms with Crippen LogP contribution in [0.4, 0.5) is 0 Å². The summed E-state index contributed by atoms with van der Waals surface area (Å²) in [5, 5.41) is 0. The van der Waals surface area contributed by atoms with Crippen LogP contribution in [0.15, 0.2) is 11.6 Å². The summed E-state index contributed by atoms with van der Waals surface area (Å²) in [5.41, 5.74) is 0.252. The zero-order valence-electron chi connectivity index (χ0n) is 22.8. The monoisotopic (exact) mass is 484 g/mol. The first-order chi connectivity index (χ1) is 16.7. The largest absolute Gasteiger partial charge is 0.450 e. The van der Waals surface area contributed by atoms with Gasteiger partial charge in [0, 0.05) is 18.3 Å². The number of ether oxygens (including phenoxy) is 1. The molecule has 0 amide bonds. The Labute approximate surface area is 213 Å². The van der Waals surface area contributed by atoms with Crippen molar-refractivity contribution < 1.29 is 19.1 Å². The van der Waals surface area contributed by atoms with E-state index in [1.807, 2.05) is 6.08 Å². The highest BCUT2D eigenvalue weighted by Gasteiger charge is 2.67. The average Bonchev–Trinajstić information content (AvgIpc) is 3.12. The first-order valence-corrected chi connectivity index (χ1v) is 14.6. The van der Waals surface area contributed by atoms with E-state index in [2.05, 4.69) is 20.8 Å². The van der Waals surface area contributed by atoms with Crippen LogP contribution in [0.1, 0.15) is 130 Å². The number of ketones is 2. The Balaban J connectivity index is 1.44. The first-order valence-electron chi connectivity index (χ1n) is 14.6. The van der Waals surface area contributed by atoms with Gasteiger partial charge in [-0.1, -0.05) is 64.9 Å².